The van der Waals surface area contributed by atoms with Crippen molar-refractivity contribution >= 4 is 22.9 Å². The first-order valence-corrected chi connectivity index (χ1v) is 5.37. The van der Waals surface area contributed by atoms with Gasteiger partial charge in [0.05, 0.1) is 10.7 Å². The zero-order valence-electron chi connectivity index (χ0n) is 7.50. The summed E-state index contributed by atoms with van der Waals surface area (Å²) in [5.74, 6) is 0. The molecule has 0 amide bonds. The highest BCUT2D eigenvalue weighted by Crippen LogP contribution is 2.33. The summed E-state index contributed by atoms with van der Waals surface area (Å²) < 4.78 is 0. The van der Waals surface area contributed by atoms with Crippen LogP contribution in [0.25, 0.3) is 11.3 Å². The number of pyridine rings is 1. The van der Waals surface area contributed by atoms with Crippen molar-refractivity contribution in [3.05, 3.63) is 43.8 Å². The van der Waals surface area contributed by atoms with Crippen molar-refractivity contribution in [2.75, 3.05) is 0 Å². The summed E-state index contributed by atoms with van der Waals surface area (Å²) >= 11 is 7.66. The SMILES string of the molecule is Cc1scc(-c2cc(=O)cc[nH]2)c1Cl. The second-order valence-corrected chi connectivity index (χ2v) is 4.42. The molecule has 0 atom stereocenters. The molecule has 0 fully saturated rings. The van der Waals surface area contributed by atoms with Crippen LogP contribution in [0.2, 0.25) is 5.02 Å². The van der Waals surface area contributed by atoms with Crippen molar-refractivity contribution in [2.24, 2.45) is 0 Å². The molecular formula is C10H8ClNOS. The van der Waals surface area contributed by atoms with Crippen LogP contribution in [0.1, 0.15) is 4.88 Å². The predicted octanol–water partition coefficient (Wildman–Crippen LogP) is 3.07. The van der Waals surface area contributed by atoms with Crippen LogP contribution in [-0.4, -0.2) is 4.98 Å². The van der Waals surface area contributed by atoms with Crippen LogP contribution in [-0.2, 0) is 0 Å². The molecule has 0 spiro atoms. The number of hydrogen-bond donors (Lipinski definition) is 1. The van der Waals surface area contributed by atoms with Gasteiger partial charge in [0.15, 0.2) is 5.43 Å². The van der Waals surface area contributed by atoms with E-state index in [0.29, 0.717) is 0 Å². The maximum absolute atomic E-state index is 11.1. The molecule has 4 heteroatoms. The molecule has 0 aliphatic carbocycles. The van der Waals surface area contributed by atoms with Gasteiger partial charge in [-0.1, -0.05) is 11.6 Å². The summed E-state index contributed by atoms with van der Waals surface area (Å²) in [6.07, 6.45) is 1.63. The normalized spacial score (nSPS) is 10.4. The van der Waals surface area contributed by atoms with Gasteiger partial charge < -0.3 is 4.98 Å². The van der Waals surface area contributed by atoms with E-state index in [9.17, 15) is 4.79 Å². The molecule has 0 aliphatic rings. The Hall–Kier alpha value is -1.06. The Balaban J connectivity index is 2.60. The molecule has 2 rings (SSSR count). The number of aromatic amines is 1. The standard InChI is InChI=1S/C10H8ClNOS/c1-6-10(11)8(5-14-6)9-4-7(13)2-3-12-9/h2-5H,1H3,(H,12,13). The van der Waals surface area contributed by atoms with E-state index < -0.39 is 0 Å². The van der Waals surface area contributed by atoms with Gasteiger partial charge >= 0.3 is 0 Å². The lowest BCUT2D eigenvalue weighted by atomic mass is 10.2. The smallest absolute Gasteiger partial charge is 0.182 e. The van der Waals surface area contributed by atoms with Gasteiger partial charge in [0.2, 0.25) is 0 Å². The van der Waals surface area contributed by atoms with E-state index in [1.54, 1.807) is 23.6 Å². The van der Waals surface area contributed by atoms with Gasteiger partial charge in [-0.25, -0.2) is 0 Å². The highest BCUT2D eigenvalue weighted by molar-refractivity contribution is 7.11. The number of aromatic nitrogens is 1. The maximum Gasteiger partial charge on any atom is 0.182 e. The number of H-pyrrole nitrogens is 1. The predicted molar refractivity (Wildman–Crippen MR) is 60.1 cm³/mol. The van der Waals surface area contributed by atoms with Crippen molar-refractivity contribution in [3.63, 3.8) is 0 Å². The average Bonchev–Trinajstić information content (AvgIpc) is 2.48. The molecule has 0 bridgehead atoms. The van der Waals surface area contributed by atoms with Gasteiger partial charge in [-0.15, -0.1) is 11.3 Å². The molecule has 0 aliphatic heterocycles. The molecule has 0 aromatic carbocycles. The Morgan fingerprint density at radius 1 is 1.50 bits per heavy atom. The van der Waals surface area contributed by atoms with Gasteiger partial charge in [-0.05, 0) is 6.92 Å². The van der Waals surface area contributed by atoms with Crippen LogP contribution in [0.5, 0.6) is 0 Å². The van der Waals surface area contributed by atoms with Crippen molar-refractivity contribution in [1.29, 1.82) is 0 Å². The lowest BCUT2D eigenvalue weighted by Gasteiger charge is -1.98. The van der Waals surface area contributed by atoms with Gasteiger partial charge in [0.25, 0.3) is 0 Å². The summed E-state index contributed by atoms with van der Waals surface area (Å²) in [7, 11) is 0. The Labute approximate surface area is 90.2 Å². The molecule has 0 saturated carbocycles. The van der Waals surface area contributed by atoms with Crippen molar-refractivity contribution in [1.82, 2.24) is 4.98 Å². The molecular weight excluding hydrogens is 218 g/mol. The number of aryl methyl sites for hydroxylation is 1. The first-order chi connectivity index (χ1) is 6.68. The Morgan fingerprint density at radius 3 is 2.86 bits per heavy atom. The summed E-state index contributed by atoms with van der Waals surface area (Å²) in [5, 5.41) is 2.67. The molecule has 2 aromatic rings. The van der Waals surface area contributed by atoms with Gasteiger partial charge in [0.1, 0.15) is 0 Å². The minimum Gasteiger partial charge on any atom is -0.361 e. The van der Waals surface area contributed by atoms with Gasteiger partial charge in [-0.2, -0.15) is 0 Å². The van der Waals surface area contributed by atoms with E-state index in [0.717, 1.165) is 21.2 Å². The van der Waals surface area contributed by atoms with E-state index in [1.807, 2.05) is 12.3 Å². The first kappa shape index (κ1) is 9.49. The van der Waals surface area contributed by atoms with Crippen molar-refractivity contribution in [2.45, 2.75) is 6.92 Å². The van der Waals surface area contributed by atoms with Crippen LogP contribution < -0.4 is 5.43 Å². The molecule has 2 heterocycles. The Bertz CT molecular complexity index is 515. The van der Waals surface area contributed by atoms with Crippen molar-refractivity contribution < 1.29 is 0 Å². The summed E-state index contributed by atoms with van der Waals surface area (Å²) in [5.41, 5.74) is 1.65. The van der Waals surface area contributed by atoms with E-state index in [4.69, 9.17) is 11.6 Å². The van der Waals surface area contributed by atoms with E-state index >= 15 is 0 Å². The second-order valence-electron chi connectivity index (χ2n) is 2.96. The van der Waals surface area contributed by atoms with Gasteiger partial charge in [-0.3, -0.25) is 4.79 Å². The number of rotatable bonds is 1. The van der Waals surface area contributed by atoms with Crippen LogP contribution in [0.15, 0.2) is 28.5 Å². The fourth-order valence-corrected chi connectivity index (χ4v) is 2.33. The third kappa shape index (κ3) is 1.61. The van der Waals surface area contributed by atoms with E-state index in [2.05, 4.69) is 4.98 Å². The summed E-state index contributed by atoms with van der Waals surface area (Å²) in [6, 6.07) is 3.03. The topological polar surface area (TPSA) is 32.9 Å². The minimum atomic E-state index is -0.0151. The summed E-state index contributed by atoms with van der Waals surface area (Å²) in [6.45, 7) is 1.96. The van der Waals surface area contributed by atoms with Crippen LogP contribution in [0, 0.1) is 6.92 Å². The molecule has 14 heavy (non-hydrogen) atoms. The second kappa shape index (κ2) is 3.59. The number of nitrogens with one attached hydrogen (secondary N) is 1. The van der Waals surface area contributed by atoms with Crippen LogP contribution in [0.4, 0.5) is 0 Å². The molecule has 72 valence electrons. The zero-order chi connectivity index (χ0) is 10.1. The molecule has 1 N–H and O–H groups in total. The van der Waals surface area contributed by atoms with E-state index in [-0.39, 0.29) is 5.43 Å². The fraction of sp³-hybridized carbons (Fsp3) is 0.100. The molecule has 0 unspecified atom stereocenters. The van der Waals surface area contributed by atoms with Gasteiger partial charge in [0, 0.05) is 34.2 Å². The lowest BCUT2D eigenvalue weighted by Crippen LogP contribution is -1.97. The van der Waals surface area contributed by atoms with Crippen molar-refractivity contribution in [3.8, 4) is 11.3 Å². The minimum absolute atomic E-state index is 0.0151. The number of halogens is 1. The quantitative estimate of drug-likeness (QED) is 0.795. The van der Waals surface area contributed by atoms with E-state index in [1.165, 1.54) is 6.07 Å². The molecule has 0 saturated heterocycles. The average molecular weight is 226 g/mol. The molecule has 0 radical (unpaired) electrons. The number of hydrogen-bond acceptors (Lipinski definition) is 2. The first-order valence-electron chi connectivity index (χ1n) is 4.11. The Kier molecular flexibility index (Phi) is 2.44. The zero-order valence-corrected chi connectivity index (χ0v) is 9.08. The number of thiophene rings is 1. The fourth-order valence-electron chi connectivity index (χ4n) is 1.22. The highest BCUT2D eigenvalue weighted by Gasteiger charge is 2.08. The third-order valence-electron chi connectivity index (χ3n) is 1.96. The Morgan fingerprint density at radius 2 is 2.29 bits per heavy atom. The third-order valence-corrected chi connectivity index (χ3v) is 3.47. The lowest BCUT2D eigenvalue weighted by molar-refractivity contribution is 1.31. The largest absolute Gasteiger partial charge is 0.361 e. The monoisotopic (exact) mass is 225 g/mol. The summed E-state index contributed by atoms with van der Waals surface area (Å²) in [4.78, 5) is 15.2. The molecule has 2 nitrogen and oxygen atoms in total. The molecule has 2 aromatic heterocycles. The van der Waals surface area contributed by atoms with Crippen LogP contribution in [0.3, 0.4) is 0 Å². The maximum atomic E-state index is 11.1. The highest BCUT2D eigenvalue weighted by atomic mass is 35.5. The van der Waals surface area contributed by atoms with Crippen LogP contribution >= 0.6 is 22.9 Å².